The van der Waals surface area contributed by atoms with Gasteiger partial charge in [0.05, 0.1) is 6.54 Å². The molecule has 3 rings (SSSR count). The molecule has 0 unspecified atom stereocenters. The average Bonchev–Trinajstić information content (AvgIpc) is 3.19. The number of furan rings is 1. The molecule has 0 aromatic carbocycles. The van der Waals surface area contributed by atoms with Gasteiger partial charge in [0.1, 0.15) is 11.5 Å². The van der Waals surface area contributed by atoms with Crippen molar-refractivity contribution in [1.29, 1.82) is 0 Å². The molecule has 1 saturated heterocycles. The lowest BCUT2D eigenvalue weighted by Gasteiger charge is -2.40. The van der Waals surface area contributed by atoms with E-state index in [1.54, 1.807) is 11.3 Å². The first-order chi connectivity index (χ1) is 12.0. The van der Waals surface area contributed by atoms with Crippen molar-refractivity contribution in [3.8, 4) is 0 Å². The van der Waals surface area contributed by atoms with Crippen LogP contribution in [0.5, 0.6) is 0 Å². The predicted octanol–water partition coefficient (Wildman–Crippen LogP) is 2.18. The number of aryl methyl sites for hydroxylation is 1. The topological polar surface area (TPSA) is 56.0 Å². The zero-order chi connectivity index (χ0) is 17.8. The Labute approximate surface area is 153 Å². The quantitative estimate of drug-likeness (QED) is 0.813. The molecule has 1 fully saturated rings. The second-order valence-corrected chi connectivity index (χ2v) is 7.98. The third-order valence-corrected chi connectivity index (χ3v) is 5.76. The molecule has 0 saturated carbocycles. The SMILES string of the molecule is Cc1ccc(CN2CCN(Cc3cnc(N(C)C)s3)C[C@@H]2CCO)o1. The van der Waals surface area contributed by atoms with Gasteiger partial charge in [-0.3, -0.25) is 9.80 Å². The lowest BCUT2D eigenvalue weighted by Crippen LogP contribution is -2.52. The highest BCUT2D eigenvalue weighted by molar-refractivity contribution is 7.15. The number of hydrogen-bond donors (Lipinski definition) is 1. The summed E-state index contributed by atoms with van der Waals surface area (Å²) >= 11 is 1.75. The van der Waals surface area contributed by atoms with Crippen LogP contribution in [0.3, 0.4) is 0 Å². The molecule has 1 aliphatic heterocycles. The van der Waals surface area contributed by atoms with Crippen molar-refractivity contribution in [2.45, 2.75) is 32.5 Å². The Morgan fingerprint density at radius 1 is 1.32 bits per heavy atom. The third-order valence-electron chi connectivity index (χ3n) is 4.61. The molecule has 7 heteroatoms. The van der Waals surface area contributed by atoms with Crippen LogP contribution in [0.15, 0.2) is 22.7 Å². The molecule has 25 heavy (non-hydrogen) atoms. The zero-order valence-corrected chi connectivity index (χ0v) is 16.1. The number of piperazine rings is 1. The number of hydrogen-bond acceptors (Lipinski definition) is 7. The van der Waals surface area contributed by atoms with E-state index in [0.717, 1.165) is 55.8 Å². The van der Waals surface area contributed by atoms with Crippen molar-refractivity contribution in [2.75, 3.05) is 45.2 Å². The van der Waals surface area contributed by atoms with Gasteiger partial charge in [0.15, 0.2) is 5.13 Å². The summed E-state index contributed by atoms with van der Waals surface area (Å²) in [5.41, 5.74) is 0. The molecule has 0 amide bonds. The fraction of sp³-hybridized carbons (Fsp3) is 0.611. The Morgan fingerprint density at radius 3 is 2.80 bits per heavy atom. The number of anilines is 1. The summed E-state index contributed by atoms with van der Waals surface area (Å²) in [7, 11) is 4.05. The minimum atomic E-state index is 0.220. The fourth-order valence-corrected chi connectivity index (χ4v) is 4.17. The van der Waals surface area contributed by atoms with Gasteiger partial charge in [-0.05, 0) is 25.5 Å². The van der Waals surface area contributed by atoms with Gasteiger partial charge < -0.3 is 14.4 Å². The number of nitrogens with zero attached hydrogens (tertiary/aromatic N) is 4. The van der Waals surface area contributed by atoms with Crippen LogP contribution in [-0.4, -0.2) is 66.3 Å². The average molecular weight is 365 g/mol. The molecule has 1 aliphatic rings. The number of thiazole rings is 1. The lowest BCUT2D eigenvalue weighted by molar-refractivity contribution is 0.0458. The van der Waals surface area contributed by atoms with E-state index in [2.05, 4.69) is 20.9 Å². The van der Waals surface area contributed by atoms with E-state index in [0.29, 0.717) is 6.04 Å². The molecular weight excluding hydrogens is 336 g/mol. The summed E-state index contributed by atoms with van der Waals surface area (Å²) in [6, 6.07) is 4.42. The zero-order valence-electron chi connectivity index (χ0n) is 15.3. The first kappa shape index (κ1) is 18.4. The molecular formula is C18H28N4O2S. The smallest absolute Gasteiger partial charge is 0.185 e. The van der Waals surface area contributed by atoms with Crippen molar-refractivity contribution in [1.82, 2.24) is 14.8 Å². The molecule has 0 spiro atoms. The van der Waals surface area contributed by atoms with Crippen LogP contribution >= 0.6 is 11.3 Å². The second kappa shape index (κ2) is 8.31. The number of aliphatic hydroxyl groups is 1. The van der Waals surface area contributed by atoms with Gasteiger partial charge in [0, 0.05) is 64.0 Å². The van der Waals surface area contributed by atoms with Gasteiger partial charge in [-0.15, -0.1) is 11.3 Å². The van der Waals surface area contributed by atoms with Gasteiger partial charge in [-0.25, -0.2) is 4.98 Å². The highest BCUT2D eigenvalue weighted by atomic mass is 32.1. The summed E-state index contributed by atoms with van der Waals surface area (Å²) in [5, 5.41) is 10.5. The predicted molar refractivity (Wildman–Crippen MR) is 101 cm³/mol. The minimum absolute atomic E-state index is 0.220. The van der Waals surface area contributed by atoms with Gasteiger partial charge >= 0.3 is 0 Å². The summed E-state index contributed by atoms with van der Waals surface area (Å²) in [6.45, 7) is 6.93. The van der Waals surface area contributed by atoms with Gasteiger partial charge in [-0.2, -0.15) is 0 Å². The maximum atomic E-state index is 9.46. The standard InChI is InChI=1S/C18H28N4O2S/c1-14-4-5-16(24-14)12-22-8-7-21(11-15(22)6-9-23)13-17-10-19-18(25-17)20(2)3/h4-5,10,15,23H,6-9,11-13H2,1-3H3/t15-/m0/s1. The molecule has 0 bridgehead atoms. The molecule has 3 heterocycles. The van der Waals surface area contributed by atoms with Crippen molar-refractivity contribution in [3.63, 3.8) is 0 Å². The van der Waals surface area contributed by atoms with Crippen LogP contribution in [-0.2, 0) is 13.1 Å². The Bertz CT molecular complexity index is 670. The first-order valence-electron chi connectivity index (χ1n) is 8.79. The molecule has 2 aromatic heterocycles. The van der Waals surface area contributed by atoms with E-state index >= 15 is 0 Å². The van der Waals surface area contributed by atoms with Crippen LogP contribution in [0, 0.1) is 6.92 Å². The van der Waals surface area contributed by atoms with E-state index in [4.69, 9.17) is 4.42 Å². The second-order valence-electron chi connectivity index (χ2n) is 6.89. The normalized spacial score (nSPS) is 19.4. The minimum Gasteiger partial charge on any atom is -0.465 e. The Hall–Kier alpha value is -1.41. The van der Waals surface area contributed by atoms with Gasteiger partial charge in [0.2, 0.25) is 0 Å². The molecule has 0 aliphatic carbocycles. The van der Waals surface area contributed by atoms with Crippen molar-refractivity contribution < 1.29 is 9.52 Å². The van der Waals surface area contributed by atoms with E-state index in [1.165, 1.54) is 4.88 Å². The van der Waals surface area contributed by atoms with Crippen LogP contribution in [0.2, 0.25) is 0 Å². The van der Waals surface area contributed by atoms with Crippen LogP contribution in [0.4, 0.5) is 5.13 Å². The van der Waals surface area contributed by atoms with E-state index in [-0.39, 0.29) is 6.61 Å². The summed E-state index contributed by atoms with van der Waals surface area (Å²) in [5.74, 6) is 1.96. The first-order valence-corrected chi connectivity index (χ1v) is 9.61. The Kier molecular flexibility index (Phi) is 6.11. The monoisotopic (exact) mass is 364 g/mol. The Morgan fingerprint density at radius 2 is 2.16 bits per heavy atom. The molecule has 138 valence electrons. The van der Waals surface area contributed by atoms with E-state index in [9.17, 15) is 5.11 Å². The molecule has 0 radical (unpaired) electrons. The largest absolute Gasteiger partial charge is 0.465 e. The molecule has 6 nitrogen and oxygen atoms in total. The summed E-state index contributed by atoms with van der Waals surface area (Å²) in [4.78, 5) is 12.7. The van der Waals surface area contributed by atoms with Crippen LogP contribution in [0.1, 0.15) is 22.8 Å². The maximum absolute atomic E-state index is 9.46. The van der Waals surface area contributed by atoms with E-state index < -0.39 is 0 Å². The highest BCUT2D eigenvalue weighted by Gasteiger charge is 2.27. The third kappa shape index (κ3) is 4.82. The van der Waals surface area contributed by atoms with Crippen molar-refractivity contribution in [3.05, 3.63) is 34.7 Å². The Balaban J connectivity index is 1.59. The highest BCUT2D eigenvalue weighted by Crippen LogP contribution is 2.24. The lowest BCUT2D eigenvalue weighted by atomic mass is 10.1. The number of aromatic nitrogens is 1. The maximum Gasteiger partial charge on any atom is 0.185 e. The molecule has 2 aromatic rings. The summed E-state index contributed by atoms with van der Waals surface area (Å²) < 4.78 is 5.73. The number of rotatable bonds is 7. The van der Waals surface area contributed by atoms with Gasteiger partial charge in [0.25, 0.3) is 0 Å². The molecule has 1 N–H and O–H groups in total. The summed E-state index contributed by atoms with van der Waals surface area (Å²) in [6.07, 6.45) is 2.78. The number of aliphatic hydroxyl groups excluding tert-OH is 1. The fourth-order valence-electron chi connectivity index (χ4n) is 3.30. The van der Waals surface area contributed by atoms with Crippen LogP contribution in [0.25, 0.3) is 0 Å². The van der Waals surface area contributed by atoms with Gasteiger partial charge in [-0.1, -0.05) is 0 Å². The van der Waals surface area contributed by atoms with Crippen molar-refractivity contribution in [2.24, 2.45) is 0 Å². The van der Waals surface area contributed by atoms with Crippen molar-refractivity contribution >= 4 is 16.5 Å². The van der Waals surface area contributed by atoms with Crippen LogP contribution < -0.4 is 4.90 Å². The van der Waals surface area contributed by atoms with E-state index in [1.807, 2.05) is 38.2 Å². The molecule has 1 atom stereocenters.